The van der Waals surface area contributed by atoms with Crippen LogP contribution in [0.15, 0.2) is 92.0 Å². The first-order chi connectivity index (χ1) is 20.9. The van der Waals surface area contributed by atoms with Gasteiger partial charge in [-0.3, -0.25) is 0 Å². The number of anilines is 1. The zero-order valence-corrected chi connectivity index (χ0v) is 26.8. The van der Waals surface area contributed by atoms with Crippen molar-refractivity contribution in [3.63, 3.8) is 0 Å². The van der Waals surface area contributed by atoms with E-state index in [1.807, 2.05) is 26.8 Å². The third kappa shape index (κ3) is 7.54. The number of nitrogens with one attached hydrogen (secondary N) is 1. The molecule has 224 valence electrons. The number of hydrogen-bond donors (Lipinski definition) is 1. The summed E-state index contributed by atoms with van der Waals surface area (Å²) in [5.74, 6) is 1.02. The molecule has 1 N–H and O–H groups in total. The molecule has 1 unspecified atom stereocenters. The van der Waals surface area contributed by atoms with Gasteiger partial charge in [-0.15, -0.1) is 0 Å². The molecule has 4 aromatic carbocycles. The molecule has 0 aromatic heterocycles. The van der Waals surface area contributed by atoms with E-state index in [0.29, 0.717) is 5.92 Å². The van der Waals surface area contributed by atoms with Crippen LogP contribution in [0, 0.1) is 25.6 Å². The molecular weight excluding hydrogens is 525 g/mol. The normalized spacial score (nSPS) is 13.9. The van der Waals surface area contributed by atoms with Crippen molar-refractivity contribution in [2.24, 2.45) is 5.92 Å². The highest BCUT2D eigenvalue weighted by molar-refractivity contribution is 5.88. The molecule has 0 radical (unpaired) electrons. The molecule has 1 atom stereocenters. The Hall–Kier alpha value is -3.91. The number of rotatable bonds is 9. The Morgan fingerprint density at radius 3 is 2.40 bits per heavy atom. The quantitative estimate of drug-likeness (QED) is 0.210. The van der Waals surface area contributed by atoms with Crippen molar-refractivity contribution in [2.45, 2.75) is 79.1 Å². The van der Waals surface area contributed by atoms with Gasteiger partial charge in [-0.1, -0.05) is 126 Å². The van der Waals surface area contributed by atoms with Crippen LogP contribution >= 0.6 is 0 Å². The Labute approximate surface area is 259 Å². The van der Waals surface area contributed by atoms with Crippen molar-refractivity contribution in [3.05, 3.63) is 137 Å². The first-order valence-electron chi connectivity index (χ1n) is 16.0. The summed E-state index contributed by atoms with van der Waals surface area (Å²) < 4.78 is 14.0. The maximum atomic E-state index is 14.0. The standard InChI is InChI=1S/C39H42FN.C2H6/c1-6-31-21-20-30(24-37(31)28(4)32-14-8-7-9-15-32)23-33-16-10-11-17-36(33)39-27(3)13-12-18-35(39)29(5)41-38-25-34(40)22-19-26(38)2;1-2/h6,10-13,16-22,24-25,28,32,41H,1,5,7-9,14-15,23H2,2-4H3;1-2H3. The molecule has 1 aliphatic rings. The Kier molecular flexibility index (Phi) is 11.2. The first kappa shape index (κ1) is 32.0. The molecule has 1 fully saturated rings. The molecule has 1 nitrogen and oxygen atoms in total. The molecule has 0 saturated heterocycles. The van der Waals surface area contributed by atoms with Crippen molar-refractivity contribution in [2.75, 3.05) is 5.32 Å². The number of halogens is 1. The molecule has 0 aliphatic heterocycles. The van der Waals surface area contributed by atoms with Gasteiger partial charge >= 0.3 is 0 Å². The average Bonchev–Trinajstić information content (AvgIpc) is 3.04. The largest absolute Gasteiger partial charge is 0.355 e. The lowest BCUT2D eigenvalue weighted by atomic mass is 9.76. The van der Waals surface area contributed by atoms with E-state index in [9.17, 15) is 4.39 Å². The van der Waals surface area contributed by atoms with Gasteiger partial charge < -0.3 is 5.32 Å². The summed E-state index contributed by atoms with van der Waals surface area (Å²) in [5.41, 5.74) is 12.3. The van der Waals surface area contributed by atoms with E-state index in [2.05, 4.69) is 93.0 Å². The summed E-state index contributed by atoms with van der Waals surface area (Å²) in [6.45, 7) is 19.0. The lowest BCUT2D eigenvalue weighted by Gasteiger charge is -2.29. The van der Waals surface area contributed by atoms with Crippen LogP contribution in [0.3, 0.4) is 0 Å². The van der Waals surface area contributed by atoms with E-state index in [4.69, 9.17) is 0 Å². The van der Waals surface area contributed by atoms with Gasteiger partial charge in [-0.2, -0.15) is 0 Å². The lowest BCUT2D eigenvalue weighted by molar-refractivity contribution is 0.316. The van der Waals surface area contributed by atoms with Crippen molar-refractivity contribution >= 4 is 17.5 Å². The lowest BCUT2D eigenvalue weighted by Crippen LogP contribution is -2.15. The maximum absolute atomic E-state index is 14.0. The molecule has 1 saturated carbocycles. The van der Waals surface area contributed by atoms with E-state index in [1.54, 1.807) is 6.07 Å². The van der Waals surface area contributed by atoms with Gasteiger partial charge in [0.25, 0.3) is 0 Å². The fraction of sp³-hybridized carbons (Fsp3) is 0.317. The first-order valence-corrected chi connectivity index (χ1v) is 16.0. The minimum absolute atomic E-state index is 0.264. The van der Waals surface area contributed by atoms with E-state index < -0.39 is 0 Å². The van der Waals surface area contributed by atoms with Gasteiger partial charge in [0, 0.05) is 16.9 Å². The summed E-state index contributed by atoms with van der Waals surface area (Å²) in [7, 11) is 0. The summed E-state index contributed by atoms with van der Waals surface area (Å²) in [6, 6.07) is 26.8. The molecule has 2 heteroatoms. The van der Waals surface area contributed by atoms with Gasteiger partial charge in [0.1, 0.15) is 5.82 Å². The topological polar surface area (TPSA) is 12.0 Å². The Bertz CT molecular complexity index is 1560. The van der Waals surface area contributed by atoms with E-state index >= 15 is 0 Å². The molecule has 1 aliphatic carbocycles. The average molecular weight is 574 g/mol. The van der Waals surface area contributed by atoms with Crippen molar-refractivity contribution in [1.29, 1.82) is 0 Å². The number of benzene rings is 4. The van der Waals surface area contributed by atoms with Crippen LogP contribution in [0.4, 0.5) is 10.1 Å². The summed E-state index contributed by atoms with van der Waals surface area (Å²) in [5, 5.41) is 3.39. The second-order valence-electron chi connectivity index (χ2n) is 11.7. The highest BCUT2D eigenvalue weighted by Crippen LogP contribution is 2.39. The predicted octanol–water partition coefficient (Wildman–Crippen LogP) is 12.1. The van der Waals surface area contributed by atoms with Crippen LogP contribution in [-0.4, -0.2) is 0 Å². The molecular formula is C41H48FN. The van der Waals surface area contributed by atoms with Crippen molar-refractivity contribution in [3.8, 4) is 11.1 Å². The van der Waals surface area contributed by atoms with Gasteiger partial charge in [-0.05, 0) is 102 Å². The Balaban J connectivity index is 0.00000207. The van der Waals surface area contributed by atoms with E-state index in [1.165, 1.54) is 77.6 Å². The van der Waals surface area contributed by atoms with Crippen LogP contribution in [0.25, 0.3) is 22.9 Å². The molecule has 4 aromatic rings. The SMILES string of the molecule is C=Cc1ccc(Cc2ccccc2-c2c(C)cccc2C(=C)Nc2cc(F)ccc2C)cc1C(C)C1CCCCC1.CC. The molecule has 0 bridgehead atoms. The van der Waals surface area contributed by atoms with Crippen LogP contribution < -0.4 is 5.32 Å². The van der Waals surface area contributed by atoms with Gasteiger partial charge in [0.2, 0.25) is 0 Å². The van der Waals surface area contributed by atoms with Crippen LogP contribution in [-0.2, 0) is 6.42 Å². The third-order valence-corrected chi connectivity index (χ3v) is 8.98. The maximum Gasteiger partial charge on any atom is 0.125 e. The van der Waals surface area contributed by atoms with Crippen molar-refractivity contribution < 1.29 is 4.39 Å². The predicted molar refractivity (Wildman–Crippen MR) is 186 cm³/mol. The minimum atomic E-state index is -0.264. The molecule has 0 spiro atoms. The molecule has 0 amide bonds. The smallest absolute Gasteiger partial charge is 0.125 e. The third-order valence-electron chi connectivity index (χ3n) is 8.98. The molecule has 0 heterocycles. The van der Waals surface area contributed by atoms with E-state index in [0.717, 1.165) is 40.4 Å². The second-order valence-corrected chi connectivity index (χ2v) is 11.7. The number of aryl methyl sites for hydroxylation is 2. The van der Waals surface area contributed by atoms with Crippen LogP contribution in [0.2, 0.25) is 0 Å². The molecule has 43 heavy (non-hydrogen) atoms. The van der Waals surface area contributed by atoms with Crippen LogP contribution in [0.1, 0.15) is 97.7 Å². The number of hydrogen-bond acceptors (Lipinski definition) is 1. The summed E-state index contributed by atoms with van der Waals surface area (Å²) in [4.78, 5) is 0. The Morgan fingerprint density at radius 1 is 0.907 bits per heavy atom. The summed E-state index contributed by atoms with van der Waals surface area (Å²) >= 11 is 0. The monoisotopic (exact) mass is 573 g/mol. The highest BCUT2D eigenvalue weighted by Gasteiger charge is 2.23. The van der Waals surface area contributed by atoms with Gasteiger partial charge in [-0.25, -0.2) is 4.39 Å². The summed E-state index contributed by atoms with van der Waals surface area (Å²) in [6.07, 6.45) is 9.59. The Morgan fingerprint density at radius 2 is 1.65 bits per heavy atom. The zero-order valence-electron chi connectivity index (χ0n) is 26.8. The van der Waals surface area contributed by atoms with Crippen molar-refractivity contribution in [1.82, 2.24) is 0 Å². The fourth-order valence-corrected chi connectivity index (χ4v) is 6.58. The minimum Gasteiger partial charge on any atom is -0.355 e. The second kappa shape index (κ2) is 15.0. The highest BCUT2D eigenvalue weighted by atomic mass is 19.1. The van der Waals surface area contributed by atoms with Crippen LogP contribution in [0.5, 0.6) is 0 Å². The van der Waals surface area contributed by atoms with Gasteiger partial charge in [0.15, 0.2) is 0 Å². The fourth-order valence-electron chi connectivity index (χ4n) is 6.58. The molecule has 5 rings (SSSR count). The van der Waals surface area contributed by atoms with Gasteiger partial charge in [0.05, 0.1) is 0 Å². The zero-order chi connectivity index (χ0) is 30.9. The van der Waals surface area contributed by atoms with E-state index in [-0.39, 0.29) is 5.82 Å².